The summed E-state index contributed by atoms with van der Waals surface area (Å²) in [6, 6.07) is 18.5. The number of rotatable bonds is 8. The third-order valence-corrected chi connectivity index (χ3v) is 5.03. The van der Waals surface area contributed by atoms with Gasteiger partial charge in [0, 0.05) is 30.1 Å². The summed E-state index contributed by atoms with van der Waals surface area (Å²) in [5.41, 5.74) is 3.42. The van der Waals surface area contributed by atoms with Gasteiger partial charge in [0.1, 0.15) is 11.6 Å². The lowest BCUT2D eigenvalue weighted by atomic mass is 10.1. The highest BCUT2D eigenvalue weighted by atomic mass is 19.1. The zero-order valence-electron chi connectivity index (χ0n) is 16.1. The Morgan fingerprint density at radius 1 is 1.03 bits per heavy atom. The number of para-hydroxylation sites is 1. The summed E-state index contributed by atoms with van der Waals surface area (Å²) in [6.07, 6.45) is 5.82. The fraction of sp³-hybridized carbons (Fsp3) is 0.208. The maximum atomic E-state index is 13.2. The molecule has 0 saturated heterocycles. The monoisotopic (exact) mass is 390 g/mol. The molecule has 4 aromatic rings. The number of aryl methyl sites for hydroxylation is 1. The lowest BCUT2D eigenvalue weighted by Crippen LogP contribution is -2.22. The van der Waals surface area contributed by atoms with Crippen LogP contribution in [0.1, 0.15) is 29.7 Å². The minimum absolute atomic E-state index is 0.0245. The van der Waals surface area contributed by atoms with Crippen LogP contribution in [0.5, 0.6) is 0 Å². The molecule has 0 aliphatic carbocycles. The summed E-state index contributed by atoms with van der Waals surface area (Å²) < 4.78 is 20.6. The maximum Gasteiger partial charge on any atom is 0.220 e. The Bertz CT molecular complexity index is 1080. The fourth-order valence-corrected chi connectivity index (χ4v) is 3.57. The first-order valence-electron chi connectivity index (χ1n) is 9.79. The summed E-state index contributed by atoms with van der Waals surface area (Å²) in [4.78, 5) is 12.1. The van der Waals surface area contributed by atoms with Crippen LogP contribution in [0.3, 0.4) is 0 Å². The van der Waals surface area contributed by atoms with E-state index in [1.165, 1.54) is 23.1 Å². The van der Waals surface area contributed by atoms with Crippen molar-refractivity contribution in [1.82, 2.24) is 9.88 Å². The average Bonchev–Trinajstić information content (AvgIpc) is 3.37. The molecule has 0 saturated carbocycles. The van der Waals surface area contributed by atoms with E-state index in [0.29, 0.717) is 19.5 Å². The minimum Gasteiger partial charge on any atom is -0.467 e. The molecular formula is C24H23FN2O2. The van der Waals surface area contributed by atoms with Gasteiger partial charge >= 0.3 is 0 Å². The molecule has 0 bridgehead atoms. The van der Waals surface area contributed by atoms with Gasteiger partial charge in [0.2, 0.25) is 5.91 Å². The Labute approximate surface area is 169 Å². The van der Waals surface area contributed by atoms with E-state index in [4.69, 9.17) is 4.42 Å². The fourth-order valence-electron chi connectivity index (χ4n) is 3.57. The first kappa shape index (κ1) is 19.0. The predicted octanol–water partition coefficient (Wildman–Crippen LogP) is 5.06. The van der Waals surface area contributed by atoms with Crippen molar-refractivity contribution < 1.29 is 13.6 Å². The zero-order chi connectivity index (χ0) is 20.1. The van der Waals surface area contributed by atoms with Crippen LogP contribution in [-0.2, 0) is 24.3 Å². The summed E-state index contributed by atoms with van der Waals surface area (Å²) in [6.45, 7) is 1.10. The second kappa shape index (κ2) is 8.78. The number of fused-ring (bicyclic) bond motifs is 1. The van der Waals surface area contributed by atoms with E-state index in [-0.39, 0.29) is 11.7 Å². The molecule has 0 spiro atoms. The van der Waals surface area contributed by atoms with E-state index in [0.717, 1.165) is 29.7 Å². The minimum atomic E-state index is -0.225. The second-order valence-electron chi connectivity index (χ2n) is 7.14. The third kappa shape index (κ3) is 4.74. The van der Waals surface area contributed by atoms with Gasteiger partial charge < -0.3 is 14.3 Å². The molecule has 0 aliphatic heterocycles. The van der Waals surface area contributed by atoms with Crippen LogP contribution in [0.25, 0.3) is 10.9 Å². The summed E-state index contributed by atoms with van der Waals surface area (Å²) in [5.74, 6) is 0.552. The van der Waals surface area contributed by atoms with Gasteiger partial charge in [-0.15, -0.1) is 0 Å². The van der Waals surface area contributed by atoms with Crippen molar-refractivity contribution in [3.05, 3.63) is 95.8 Å². The van der Waals surface area contributed by atoms with Gasteiger partial charge in [-0.25, -0.2) is 4.39 Å². The number of carbonyl (C=O) groups excluding carboxylic acids is 1. The Hall–Kier alpha value is -3.34. The molecule has 148 valence electrons. The molecular weight excluding hydrogens is 367 g/mol. The van der Waals surface area contributed by atoms with Gasteiger partial charge in [-0.2, -0.15) is 0 Å². The number of halogens is 1. The van der Waals surface area contributed by atoms with Crippen LogP contribution in [0, 0.1) is 5.82 Å². The van der Waals surface area contributed by atoms with Crippen LogP contribution in [0.4, 0.5) is 4.39 Å². The molecule has 0 fully saturated rings. The van der Waals surface area contributed by atoms with E-state index < -0.39 is 0 Å². The standard InChI is InChI=1S/C24H23FN2O2/c25-20-12-10-18(11-13-20)16-27-17-19(22-7-1-2-8-23(22)27)5-3-9-24(28)26-15-21-6-4-14-29-21/h1-2,4,6-8,10-14,17H,3,5,9,15-16H2,(H,26,28). The smallest absolute Gasteiger partial charge is 0.220 e. The van der Waals surface area contributed by atoms with Gasteiger partial charge in [0.25, 0.3) is 0 Å². The largest absolute Gasteiger partial charge is 0.467 e. The molecule has 29 heavy (non-hydrogen) atoms. The van der Waals surface area contributed by atoms with Crippen LogP contribution in [0.2, 0.25) is 0 Å². The Kier molecular flexibility index (Phi) is 5.75. The van der Waals surface area contributed by atoms with Crippen molar-refractivity contribution in [3.63, 3.8) is 0 Å². The molecule has 0 atom stereocenters. The number of furan rings is 1. The highest BCUT2D eigenvalue weighted by Crippen LogP contribution is 2.24. The van der Waals surface area contributed by atoms with Gasteiger partial charge in [0.05, 0.1) is 12.8 Å². The molecule has 4 nitrogen and oxygen atoms in total. The van der Waals surface area contributed by atoms with Gasteiger partial charge in [-0.3, -0.25) is 4.79 Å². The van der Waals surface area contributed by atoms with Crippen LogP contribution in [0.15, 0.2) is 77.5 Å². The molecule has 0 radical (unpaired) electrons. The van der Waals surface area contributed by atoms with Crippen molar-refractivity contribution in [2.24, 2.45) is 0 Å². The number of carbonyl (C=O) groups is 1. The number of nitrogens with zero attached hydrogens (tertiary/aromatic N) is 1. The number of amides is 1. The van der Waals surface area contributed by atoms with Crippen molar-refractivity contribution >= 4 is 16.8 Å². The number of hydrogen-bond acceptors (Lipinski definition) is 2. The van der Waals surface area contributed by atoms with E-state index in [9.17, 15) is 9.18 Å². The maximum absolute atomic E-state index is 13.2. The third-order valence-electron chi connectivity index (χ3n) is 5.03. The molecule has 2 aromatic heterocycles. The molecule has 2 aromatic carbocycles. The van der Waals surface area contributed by atoms with Crippen LogP contribution in [-0.4, -0.2) is 10.5 Å². The van der Waals surface area contributed by atoms with Crippen molar-refractivity contribution in [1.29, 1.82) is 0 Å². The van der Waals surface area contributed by atoms with Crippen molar-refractivity contribution in [3.8, 4) is 0 Å². The van der Waals surface area contributed by atoms with E-state index in [1.807, 2.05) is 36.4 Å². The van der Waals surface area contributed by atoms with Gasteiger partial charge in [0.15, 0.2) is 0 Å². The molecule has 0 aliphatic rings. The molecule has 2 heterocycles. The SMILES string of the molecule is O=C(CCCc1cn(Cc2ccc(F)cc2)c2ccccc12)NCc1ccco1. The summed E-state index contributed by atoms with van der Waals surface area (Å²) >= 11 is 0. The summed E-state index contributed by atoms with van der Waals surface area (Å²) in [5, 5.41) is 4.08. The normalized spacial score (nSPS) is 11.1. The van der Waals surface area contributed by atoms with E-state index >= 15 is 0 Å². The van der Waals surface area contributed by atoms with Crippen LogP contribution < -0.4 is 5.32 Å². The Morgan fingerprint density at radius 3 is 2.66 bits per heavy atom. The second-order valence-corrected chi connectivity index (χ2v) is 7.14. The Balaban J connectivity index is 1.39. The topological polar surface area (TPSA) is 47.2 Å². The lowest BCUT2D eigenvalue weighted by Gasteiger charge is -2.05. The number of benzene rings is 2. The number of nitrogens with one attached hydrogen (secondary N) is 1. The van der Waals surface area contributed by atoms with E-state index in [1.54, 1.807) is 6.26 Å². The van der Waals surface area contributed by atoms with Gasteiger partial charge in [-0.05, 0) is 54.3 Å². The molecule has 4 rings (SSSR count). The van der Waals surface area contributed by atoms with Crippen molar-refractivity contribution in [2.45, 2.75) is 32.4 Å². The first-order chi connectivity index (χ1) is 14.2. The molecule has 1 amide bonds. The predicted molar refractivity (Wildman–Crippen MR) is 111 cm³/mol. The van der Waals surface area contributed by atoms with Crippen molar-refractivity contribution in [2.75, 3.05) is 0 Å². The van der Waals surface area contributed by atoms with Crippen LogP contribution >= 0.6 is 0 Å². The highest BCUT2D eigenvalue weighted by molar-refractivity contribution is 5.84. The number of aromatic nitrogens is 1. The first-order valence-corrected chi connectivity index (χ1v) is 9.79. The average molecular weight is 390 g/mol. The highest BCUT2D eigenvalue weighted by Gasteiger charge is 2.10. The molecule has 0 unspecified atom stereocenters. The van der Waals surface area contributed by atoms with Gasteiger partial charge in [-0.1, -0.05) is 30.3 Å². The van der Waals surface area contributed by atoms with E-state index in [2.05, 4.69) is 28.2 Å². The number of hydrogen-bond donors (Lipinski definition) is 1. The molecule has 1 N–H and O–H groups in total. The zero-order valence-corrected chi connectivity index (χ0v) is 16.1. The summed E-state index contributed by atoms with van der Waals surface area (Å²) in [7, 11) is 0. The quantitative estimate of drug-likeness (QED) is 0.457. The lowest BCUT2D eigenvalue weighted by molar-refractivity contribution is -0.121. The Morgan fingerprint density at radius 2 is 1.86 bits per heavy atom. The molecule has 5 heteroatoms.